The summed E-state index contributed by atoms with van der Waals surface area (Å²) in [6.07, 6.45) is 3.75. The maximum atomic E-state index is 9.10. The first kappa shape index (κ1) is 21.1. The van der Waals surface area contributed by atoms with Crippen LogP contribution in [0.15, 0.2) is 60.9 Å². The highest BCUT2D eigenvalue weighted by Crippen LogP contribution is 2.49. The van der Waals surface area contributed by atoms with E-state index in [1.54, 1.807) is 20.5 Å². The summed E-state index contributed by atoms with van der Waals surface area (Å²) in [4.78, 5) is 4.63. The molecule has 1 aliphatic rings. The highest BCUT2D eigenvalue weighted by atomic mass is 16.5. The van der Waals surface area contributed by atoms with E-state index >= 15 is 0 Å². The molecule has 0 spiro atoms. The van der Waals surface area contributed by atoms with Crippen molar-refractivity contribution in [3.63, 3.8) is 0 Å². The standard InChI is InChI=1S/C27H27N3O3/c1-4-5-14-30-16-29-27-25(26(30)28)23(18-11-12-20(31-2)22(15-18)32-3)24-19-9-7-6-8-17(19)10-13-21(24)33-27/h6-13,15-16,23,28H,4-5,14H2,1-3H3. The number of nitrogens with one attached hydrogen (secondary N) is 1. The SMILES string of the molecule is CCCCn1cnc2c(c1=N)C(c1ccc(OC)c(OC)c1)c1c(ccc3ccccc13)O2. The average molecular weight is 442 g/mol. The van der Waals surface area contributed by atoms with E-state index in [1.807, 2.05) is 41.0 Å². The Morgan fingerprint density at radius 1 is 1.00 bits per heavy atom. The summed E-state index contributed by atoms with van der Waals surface area (Å²) in [6.45, 7) is 2.89. The summed E-state index contributed by atoms with van der Waals surface area (Å²) < 4.78 is 19.3. The summed E-state index contributed by atoms with van der Waals surface area (Å²) in [5.74, 6) is 2.33. The van der Waals surface area contributed by atoms with Gasteiger partial charge in [0.2, 0.25) is 5.88 Å². The van der Waals surface area contributed by atoms with Crippen molar-refractivity contribution >= 4 is 10.8 Å². The first-order valence-corrected chi connectivity index (χ1v) is 11.2. The fourth-order valence-electron chi connectivity index (χ4n) is 4.62. The van der Waals surface area contributed by atoms with Crippen LogP contribution in [-0.2, 0) is 6.54 Å². The normalized spacial score (nSPS) is 14.3. The first-order valence-electron chi connectivity index (χ1n) is 11.2. The first-order chi connectivity index (χ1) is 16.2. The van der Waals surface area contributed by atoms with Gasteiger partial charge in [-0.1, -0.05) is 49.7 Å². The number of aromatic nitrogens is 2. The van der Waals surface area contributed by atoms with E-state index in [1.165, 1.54) is 0 Å². The number of aryl methyl sites for hydroxylation is 1. The van der Waals surface area contributed by atoms with Crippen molar-refractivity contribution in [3.05, 3.63) is 83.1 Å². The Balaban J connectivity index is 1.81. The molecule has 1 N–H and O–H groups in total. The predicted octanol–water partition coefficient (Wildman–Crippen LogP) is 5.62. The third-order valence-corrected chi connectivity index (χ3v) is 6.30. The van der Waals surface area contributed by atoms with Crippen LogP contribution in [0.1, 0.15) is 42.4 Å². The topological polar surface area (TPSA) is 69.4 Å². The summed E-state index contributed by atoms with van der Waals surface area (Å²) in [5, 5.41) is 11.3. The largest absolute Gasteiger partial charge is 0.493 e. The van der Waals surface area contributed by atoms with E-state index in [0.717, 1.165) is 52.6 Å². The molecule has 0 saturated carbocycles. The van der Waals surface area contributed by atoms with Crippen LogP contribution in [0.25, 0.3) is 10.8 Å². The van der Waals surface area contributed by atoms with Crippen LogP contribution in [0.4, 0.5) is 0 Å². The van der Waals surface area contributed by atoms with Crippen molar-refractivity contribution < 1.29 is 14.2 Å². The molecule has 0 fully saturated rings. The van der Waals surface area contributed by atoms with Crippen LogP contribution in [-0.4, -0.2) is 23.8 Å². The number of hydrogen-bond donors (Lipinski definition) is 1. The Hall–Kier alpha value is -3.80. The summed E-state index contributed by atoms with van der Waals surface area (Å²) in [7, 11) is 3.27. The summed E-state index contributed by atoms with van der Waals surface area (Å²) in [5.41, 5.74) is 3.23. The van der Waals surface area contributed by atoms with Gasteiger partial charge in [-0.15, -0.1) is 0 Å². The molecule has 6 heteroatoms. The molecular weight excluding hydrogens is 414 g/mol. The van der Waals surface area contributed by atoms with Gasteiger partial charge in [-0.3, -0.25) is 5.41 Å². The zero-order valence-corrected chi connectivity index (χ0v) is 19.1. The second-order valence-corrected chi connectivity index (χ2v) is 8.21. The van der Waals surface area contributed by atoms with E-state index in [-0.39, 0.29) is 5.92 Å². The zero-order chi connectivity index (χ0) is 22.9. The molecule has 1 aliphatic heterocycles. The molecule has 168 valence electrons. The van der Waals surface area contributed by atoms with Crippen LogP contribution < -0.4 is 19.7 Å². The Morgan fingerprint density at radius 2 is 1.82 bits per heavy atom. The van der Waals surface area contributed by atoms with Crippen molar-refractivity contribution in [2.24, 2.45) is 0 Å². The Bertz CT molecular complexity index is 1390. The highest BCUT2D eigenvalue weighted by molar-refractivity contribution is 5.90. The van der Waals surface area contributed by atoms with Gasteiger partial charge in [0.25, 0.3) is 0 Å². The van der Waals surface area contributed by atoms with Crippen LogP contribution in [0.3, 0.4) is 0 Å². The second kappa shape index (κ2) is 8.62. The van der Waals surface area contributed by atoms with Gasteiger partial charge in [0.1, 0.15) is 17.6 Å². The number of hydrogen-bond acceptors (Lipinski definition) is 5. The smallest absolute Gasteiger partial charge is 0.228 e. The third-order valence-electron chi connectivity index (χ3n) is 6.30. The number of methoxy groups -OCH3 is 2. The average Bonchev–Trinajstić information content (AvgIpc) is 2.86. The van der Waals surface area contributed by atoms with Gasteiger partial charge in [-0.25, -0.2) is 4.98 Å². The number of nitrogens with zero attached hydrogens (tertiary/aromatic N) is 2. The molecule has 1 unspecified atom stereocenters. The minimum absolute atomic E-state index is 0.233. The Labute approximate surface area is 192 Å². The second-order valence-electron chi connectivity index (χ2n) is 8.21. The number of benzene rings is 3. The molecule has 0 radical (unpaired) electrons. The molecule has 0 bridgehead atoms. The van der Waals surface area contributed by atoms with E-state index in [2.05, 4.69) is 30.1 Å². The van der Waals surface area contributed by atoms with Gasteiger partial charge in [0.15, 0.2) is 11.5 Å². The monoisotopic (exact) mass is 441 g/mol. The van der Waals surface area contributed by atoms with E-state index < -0.39 is 0 Å². The molecule has 0 amide bonds. The van der Waals surface area contributed by atoms with Gasteiger partial charge < -0.3 is 18.8 Å². The summed E-state index contributed by atoms with van der Waals surface area (Å²) >= 11 is 0. The third kappa shape index (κ3) is 3.52. The van der Waals surface area contributed by atoms with Crippen LogP contribution in [0.2, 0.25) is 0 Å². The summed E-state index contributed by atoms with van der Waals surface area (Å²) in [6, 6.07) is 18.3. The molecule has 0 saturated heterocycles. The van der Waals surface area contributed by atoms with Crippen LogP contribution in [0, 0.1) is 5.41 Å². The minimum Gasteiger partial charge on any atom is -0.493 e. The number of unbranched alkanes of at least 4 members (excludes halogenated alkanes) is 1. The molecule has 33 heavy (non-hydrogen) atoms. The molecule has 1 aromatic heterocycles. The number of rotatable bonds is 6. The van der Waals surface area contributed by atoms with Gasteiger partial charge in [0.05, 0.1) is 19.8 Å². The van der Waals surface area contributed by atoms with Gasteiger partial charge in [-0.05, 0) is 41.0 Å². The van der Waals surface area contributed by atoms with Crippen LogP contribution in [0.5, 0.6) is 23.1 Å². The van der Waals surface area contributed by atoms with Gasteiger partial charge in [0, 0.05) is 18.0 Å². The predicted molar refractivity (Wildman–Crippen MR) is 128 cm³/mol. The molecule has 2 heterocycles. The maximum absolute atomic E-state index is 9.10. The number of fused-ring (bicyclic) bond motifs is 4. The van der Waals surface area contributed by atoms with Crippen molar-refractivity contribution in [1.29, 1.82) is 5.41 Å². The Kier molecular flexibility index (Phi) is 5.50. The van der Waals surface area contributed by atoms with E-state index in [4.69, 9.17) is 19.6 Å². The minimum atomic E-state index is -0.233. The lowest BCUT2D eigenvalue weighted by molar-refractivity contribution is 0.354. The number of ether oxygens (including phenoxy) is 3. The fraction of sp³-hybridized carbons (Fsp3) is 0.259. The van der Waals surface area contributed by atoms with E-state index in [9.17, 15) is 0 Å². The van der Waals surface area contributed by atoms with Crippen molar-refractivity contribution in [1.82, 2.24) is 9.55 Å². The molecule has 0 aliphatic carbocycles. The quantitative estimate of drug-likeness (QED) is 0.371. The van der Waals surface area contributed by atoms with Crippen LogP contribution >= 0.6 is 0 Å². The van der Waals surface area contributed by atoms with Gasteiger partial charge in [-0.2, -0.15) is 0 Å². The molecule has 4 aromatic rings. The van der Waals surface area contributed by atoms with Crippen molar-refractivity contribution in [3.8, 4) is 23.1 Å². The molecule has 5 rings (SSSR count). The lowest BCUT2D eigenvalue weighted by Gasteiger charge is -2.30. The fourth-order valence-corrected chi connectivity index (χ4v) is 4.62. The lowest BCUT2D eigenvalue weighted by atomic mass is 9.81. The molecule has 1 atom stereocenters. The molecule has 6 nitrogen and oxygen atoms in total. The lowest BCUT2D eigenvalue weighted by Crippen LogP contribution is -2.30. The zero-order valence-electron chi connectivity index (χ0n) is 19.1. The van der Waals surface area contributed by atoms with Gasteiger partial charge >= 0.3 is 0 Å². The van der Waals surface area contributed by atoms with E-state index in [0.29, 0.717) is 22.9 Å². The highest BCUT2D eigenvalue weighted by Gasteiger charge is 2.34. The maximum Gasteiger partial charge on any atom is 0.228 e. The molecular formula is C27H27N3O3. The Morgan fingerprint density at radius 3 is 2.61 bits per heavy atom. The van der Waals surface area contributed by atoms with Crippen molar-refractivity contribution in [2.45, 2.75) is 32.2 Å². The molecule has 3 aromatic carbocycles. The van der Waals surface area contributed by atoms with Crippen molar-refractivity contribution in [2.75, 3.05) is 14.2 Å².